The molecular weight excluding hydrogens is 600 g/mol. The molecule has 0 aliphatic carbocycles. The van der Waals surface area contributed by atoms with Gasteiger partial charge in [-0.25, -0.2) is 8.42 Å². The maximum Gasteiger partial charge on any atom is 0.264 e. The van der Waals surface area contributed by atoms with E-state index in [1.54, 1.807) is 72.8 Å². The molecule has 39 heavy (non-hydrogen) atoms. The molecule has 1 amide bonds. The Labute approximate surface area is 242 Å². The highest BCUT2D eigenvalue weighted by Crippen LogP contribution is 2.28. The van der Waals surface area contributed by atoms with Crippen molar-refractivity contribution in [2.45, 2.75) is 31.3 Å². The van der Waals surface area contributed by atoms with Gasteiger partial charge in [-0.05, 0) is 85.6 Å². The minimum Gasteiger partial charge on any atom is -0.484 e. The Hall–Kier alpha value is -3.33. The number of amides is 1. The van der Waals surface area contributed by atoms with Gasteiger partial charge in [-0.3, -0.25) is 9.10 Å². The monoisotopic (exact) mass is 626 g/mol. The van der Waals surface area contributed by atoms with Crippen LogP contribution in [0, 0.1) is 6.92 Å². The lowest BCUT2D eigenvalue weighted by molar-refractivity contribution is -0.123. The summed E-state index contributed by atoms with van der Waals surface area (Å²) in [4.78, 5) is 12.6. The second-order valence-corrected chi connectivity index (χ2v) is 12.3. The molecule has 202 valence electrons. The van der Waals surface area contributed by atoms with E-state index in [-0.39, 0.29) is 30.0 Å². The number of hydrogen-bond donors (Lipinski definition) is 1. The highest BCUT2D eigenvalue weighted by molar-refractivity contribution is 9.10. The number of hydrogen-bond acceptors (Lipinski definition) is 4. The van der Waals surface area contributed by atoms with Crippen molar-refractivity contribution in [3.8, 4) is 5.75 Å². The number of halogens is 2. The van der Waals surface area contributed by atoms with Crippen molar-refractivity contribution in [2.24, 2.45) is 0 Å². The van der Waals surface area contributed by atoms with Gasteiger partial charge in [-0.1, -0.05) is 69.5 Å². The number of carbonyl (C=O) groups excluding carboxylic acids is 1. The highest BCUT2D eigenvalue weighted by atomic mass is 79.9. The predicted molar refractivity (Wildman–Crippen MR) is 159 cm³/mol. The minimum absolute atomic E-state index is 0.115. The molecule has 0 bridgehead atoms. The van der Waals surface area contributed by atoms with E-state index in [1.807, 2.05) is 38.1 Å². The molecule has 4 rings (SSSR count). The highest BCUT2D eigenvalue weighted by Gasteiger charge is 2.25. The van der Waals surface area contributed by atoms with E-state index in [9.17, 15) is 13.2 Å². The van der Waals surface area contributed by atoms with Crippen LogP contribution in [0.2, 0.25) is 5.02 Å². The summed E-state index contributed by atoms with van der Waals surface area (Å²) < 4.78 is 35.3. The summed E-state index contributed by atoms with van der Waals surface area (Å²) in [5, 5.41) is 3.49. The second kappa shape index (κ2) is 12.7. The summed E-state index contributed by atoms with van der Waals surface area (Å²) in [7, 11) is -3.87. The molecule has 9 heteroatoms. The summed E-state index contributed by atoms with van der Waals surface area (Å²) in [5.74, 6) is 0.185. The van der Waals surface area contributed by atoms with Crippen LogP contribution in [0.15, 0.2) is 106 Å². The Morgan fingerprint density at radius 1 is 0.923 bits per heavy atom. The lowest BCUT2D eigenvalue weighted by atomic mass is 10.1. The van der Waals surface area contributed by atoms with Crippen LogP contribution in [0.4, 0.5) is 5.69 Å². The van der Waals surface area contributed by atoms with E-state index in [4.69, 9.17) is 16.3 Å². The zero-order chi connectivity index (χ0) is 28.0. The third-order valence-corrected chi connectivity index (χ3v) is 8.66. The Morgan fingerprint density at radius 3 is 2.15 bits per heavy atom. The lowest BCUT2D eigenvalue weighted by Gasteiger charge is -2.25. The Morgan fingerprint density at radius 2 is 1.54 bits per heavy atom. The fourth-order valence-electron chi connectivity index (χ4n) is 3.88. The lowest BCUT2D eigenvalue weighted by Crippen LogP contribution is -2.31. The van der Waals surface area contributed by atoms with Crippen molar-refractivity contribution in [3.63, 3.8) is 0 Å². The predicted octanol–water partition coefficient (Wildman–Crippen LogP) is 7.06. The molecule has 0 radical (unpaired) electrons. The Kier molecular flexibility index (Phi) is 9.32. The molecular formula is C30H28BrClN2O4S. The van der Waals surface area contributed by atoms with Crippen LogP contribution >= 0.6 is 27.5 Å². The van der Waals surface area contributed by atoms with Gasteiger partial charge in [0.15, 0.2) is 6.61 Å². The molecule has 1 N–H and O–H groups in total. The van der Waals surface area contributed by atoms with Crippen molar-refractivity contribution < 1.29 is 17.9 Å². The van der Waals surface area contributed by atoms with E-state index in [0.29, 0.717) is 16.5 Å². The van der Waals surface area contributed by atoms with Crippen LogP contribution in [-0.2, 0) is 21.4 Å². The molecule has 0 fully saturated rings. The normalized spacial score (nSPS) is 12.0. The number of sulfonamides is 1. The van der Waals surface area contributed by atoms with Crippen LogP contribution in [0.25, 0.3) is 0 Å². The van der Waals surface area contributed by atoms with Crippen molar-refractivity contribution in [1.82, 2.24) is 5.32 Å². The van der Waals surface area contributed by atoms with Gasteiger partial charge in [0.1, 0.15) is 5.75 Å². The maximum atomic E-state index is 13.7. The maximum absolute atomic E-state index is 13.7. The molecule has 0 aromatic heterocycles. The number of nitrogens with zero attached hydrogens (tertiary/aromatic N) is 1. The van der Waals surface area contributed by atoms with Gasteiger partial charge in [-0.15, -0.1) is 0 Å². The van der Waals surface area contributed by atoms with E-state index < -0.39 is 10.0 Å². The van der Waals surface area contributed by atoms with Gasteiger partial charge in [0, 0.05) is 9.50 Å². The summed E-state index contributed by atoms with van der Waals surface area (Å²) >= 11 is 9.43. The number of carbonyl (C=O) groups is 1. The zero-order valence-electron chi connectivity index (χ0n) is 21.5. The van der Waals surface area contributed by atoms with Gasteiger partial charge >= 0.3 is 0 Å². The van der Waals surface area contributed by atoms with Gasteiger partial charge < -0.3 is 10.1 Å². The van der Waals surface area contributed by atoms with E-state index in [1.165, 1.54) is 4.31 Å². The standard InChI is InChI=1S/C30H28BrClN2O4S/c1-21-3-17-29(18-4-21)39(36,37)34(19-23-5-11-26(32)12-6-23)27-13-15-28(16-14-27)38-20-30(35)33-22(2)24-7-9-25(31)10-8-24/h3-18,22H,19-20H2,1-2H3,(H,33,35)/t22-/m1/s1. The van der Waals surface area contributed by atoms with E-state index in [0.717, 1.165) is 21.2 Å². The number of rotatable bonds is 10. The van der Waals surface area contributed by atoms with Gasteiger partial charge in [-0.2, -0.15) is 0 Å². The fourth-order valence-corrected chi connectivity index (χ4v) is 5.73. The van der Waals surface area contributed by atoms with Crippen LogP contribution in [0.1, 0.15) is 29.7 Å². The number of benzene rings is 4. The quantitative estimate of drug-likeness (QED) is 0.204. The first-order chi connectivity index (χ1) is 18.6. The SMILES string of the molecule is Cc1ccc(S(=O)(=O)N(Cc2ccc(Cl)cc2)c2ccc(OCC(=O)N[C@H](C)c3ccc(Br)cc3)cc2)cc1. The smallest absolute Gasteiger partial charge is 0.264 e. The third-order valence-electron chi connectivity index (χ3n) is 6.09. The van der Waals surface area contributed by atoms with Crippen molar-refractivity contribution in [1.29, 1.82) is 0 Å². The first-order valence-electron chi connectivity index (χ1n) is 12.2. The molecule has 0 saturated heterocycles. The van der Waals surface area contributed by atoms with E-state index >= 15 is 0 Å². The molecule has 0 spiro atoms. The average Bonchev–Trinajstić information content (AvgIpc) is 2.92. The summed E-state index contributed by atoms with van der Waals surface area (Å²) in [6.45, 7) is 3.75. The topological polar surface area (TPSA) is 75.7 Å². The van der Waals surface area contributed by atoms with Gasteiger partial charge in [0.05, 0.1) is 23.2 Å². The van der Waals surface area contributed by atoms with Crippen molar-refractivity contribution >= 4 is 49.1 Å². The molecule has 0 aliphatic heterocycles. The molecule has 4 aromatic rings. The molecule has 0 heterocycles. The number of ether oxygens (including phenoxy) is 1. The van der Waals surface area contributed by atoms with E-state index in [2.05, 4.69) is 21.2 Å². The zero-order valence-corrected chi connectivity index (χ0v) is 24.6. The molecule has 0 unspecified atom stereocenters. The first kappa shape index (κ1) is 28.7. The summed E-state index contributed by atoms with van der Waals surface area (Å²) in [6, 6.07) is 28.0. The van der Waals surface area contributed by atoms with Crippen LogP contribution in [0.3, 0.4) is 0 Å². The van der Waals surface area contributed by atoms with Crippen LogP contribution in [-0.4, -0.2) is 20.9 Å². The summed E-state index contributed by atoms with van der Waals surface area (Å²) in [6.07, 6.45) is 0. The second-order valence-electron chi connectivity index (χ2n) is 9.07. The molecule has 1 atom stereocenters. The van der Waals surface area contributed by atoms with Crippen LogP contribution < -0.4 is 14.4 Å². The minimum atomic E-state index is -3.87. The Balaban J connectivity index is 1.48. The van der Waals surface area contributed by atoms with Gasteiger partial charge in [0.25, 0.3) is 15.9 Å². The van der Waals surface area contributed by atoms with Crippen molar-refractivity contribution in [2.75, 3.05) is 10.9 Å². The number of nitrogens with one attached hydrogen (secondary N) is 1. The fraction of sp³-hybridized carbons (Fsp3) is 0.167. The van der Waals surface area contributed by atoms with Gasteiger partial charge in [0.2, 0.25) is 0 Å². The molecule has 4 aromatic carbocycles. The van der Waals surface area contributed by atoms with Crippen molar-refractivity contribution in [3.05, 3.63) is 123 Å². The summed E-state index contributed by atoms with van der Waals surface area (Å²) in [5.41, 5.74) is 3.19. The third kappa shape index (κ3) is 7.62. The molecule has 6 nitrogen and oxygen atoms in total. The average molecular weight is 628 g/mol. The van der Waals surface area contributed by atoms with Crippen LogP contribution in [0.5, 0.6) is 5.75 Å². The Bertz CT molecular complexity index is 1510. The largest absolute Gasteiger partial charge is 0.484 e. The first-order valence-corrected chi connectivity index (χ1v) is 14.8. The number of aryl methyl sites for hydroxylation is 1. The molecule has 0 saturated carbocycles. The molecule has 0 aliphatic rings. The number of anilines is 1.